The van der Waals surface area contributed by atoms with E-state index in [0.29, 0.717) is 11.9 Å². The monoisotopic (exact) mass is 250 g/mol. The summed E-state index contributed by atoms with van der Waals surface area (Å²) in [5.74, 6) is 0.325. The highest BCUT2D eigenvalue weighted by Gasteiger charge is 2.38. The highest BCUT2D eigenvalue weighted by molar-refractivity contribution is 5.82. The third-order valence-corrected chi connectivity index (χ3v) is 5.09. The molecule has 3 rings (SSSR count). The van der Waals surface area contributed by atoms with E-state index in [2.05, 4.69) is 10.2 Å². The summed E-state index contributed by atoms with van der Waals surface area (Å²) >= 11 is 0. The molecule has 3 heteroatoms. The Hall–Kier alpha value is -0.570. The fourth-order valence-corrected chi connectivity index (χ4v) is 3.77. The third kappa shape index (κ3) is 2.56. The zero-order chi connectivity index (χ0) is 12.4. The molecule has 0 aromatic heterocycles. The second-order valence-corrected chi connectivity index (χ2v) is 6.32. The minimum atomic E-state index is 0.192. The first kappa shape index (κ1) is 12.5. The van der Waals surface area contributed by atoms with Crippen LogP contribution in [0, 0.1) is 0 Å². The van der Waals surface area contributed by atoms with Crippen LogP contribution in [0.4, 0.5) is 0 Å². The van der Waals surface area contributed by atoms with Crippen molar-refractivity contribution in [2.24, 2.45) is 0 Å². The molecular weight excluding hydrogens is 224 g/mol. The summed E-state index contributed by atoms with van der Waals surface area (Å²) in [6, 6.07) is 1.38. The molecule has 102 valence electrons. The van der Waals surface area contributed by atoms with Gasteiger partial charge in [-0.25, -0.2) is 0 Å². The van der Waals surface area contributed by atoms with Gasteiger partial charge in [0.05, 0.1) is 6.04 Å². The average Bonchev–Trinajstić information content (AvgIpc) is 2.77. The van der Waals surface area contributed by atoms with Gasteiger partial charge in [-0.05, 0) is 45.1 Å². The van der Waals surface area contributed by atoms with Crippen molar-refractivity contribution in [3.05, 3.63) is 0 Å². The van der Waals surface area contributed by atoms with Gasteiger partial charge < -0.3 is 5.32 Å². The Morgan fingerprint density at radius 2 is 1.67 bits per heavy atom. The van der Waals surface area contributed by atoms with E-state index in [0.717, 1.165) is 19.0 Å². The van der Waals surface area contributed by atoms with Crippen LogP contribution in [0.2, 0.25) is 0 Å². The molecule has 3 nitrogen and oxygen atoms in total. The predicted molar refractivity (Wildman–Crippen MR) is 72.4 cm³/mol. The Bertz CT molecular complexity index is 295. The second-order valence-electron chi connectivity index (χ2n) is 6.32. The molecule has 3 fully saturated rings. The van der Waals surface area contributed by atoms with Crippen LogP contribution in [0.1, 0.15) is 64.2 Å². The highest BCUT2D eigenvalue weighted by Crippen LogP contribution is 2.31. The van der Waals surface area contributed by atoms with Gasteiger partial charge in [-0.15, -0.1) is 0 Å². The van der Waals surface area contributed by atoms with E-state index < -0.39 is 0 Å². The van der Waals surface area contributed by atoms with Crippen LogP contribution >= 0.6 is 0 Å². The molecule has 1 saturated heterocycles. The number of amides is 1. The van der Waals surface area contributed by atoms with Crippen LogP contribution in [-0.4, -0.2) is 35.5 Å². The van der Waals surface area contributed by atoms with E-state index in [4.69, 9.17) is 0 Å². The van der Waals surface area contributed by atoms with E-state index in [-0.39, 0.29) is 6.04 Å². The number of carbonyl (C=O) groups is 1. The van der Waals surface area contributed by atoms with Crippen molar-refractivity contribution in [2.45, 2.75) is 82.3 Å². The summed E-state index contributed by atoms with van der Waals surface area (Å²) in [5.41, 5.74) is 0. The predicted octanol–water partition coefficient (Wildman–Crippen LogP) is 2.45. The van der Waals surface area contributed by atoms with Crippen molar-refractivity contribution < 1.29 is 4.79 Å². The maximum atomic E-state index is 12.4. The zero-order valence-corrected chi connectivity index (χ0v) is 11.4. The molecule has 1 aliphatic heterocycles. The lowest BCUT2D eigenvalue weighted by atomic mass is 9.90. The van der Waals surface area contributed by atoms with Gasteiger partial charge in [-0.3, -0.25) is 9.69 Å². The number of carbonyl (C=O) groups excluding carboxylic acids is 1. The number of likely N-dealkylation sites (tertiary alicyclic amines) is 1. The van der Waals surface area contributed by atoms with Crippen molar-refractivity contribution in [1.29, 1.82) is 0 Å². The van der Waals surface area contributed by atoms with Gasteiger partial charge >= 0.3 is 0 Å². The Balaban J connectivity index is 1.53. The number of nitrogens with one attached hydrogen (secondary N) is 1. The van der Waals surface area contributed by atoms with Gasteiger partial charge in [-0.1, -0.05) is 25.7 Å². The second kappa shape index (κ2) is 5.60. The van der Waals surface area contributed by atoms with Gasteiger partial charge in [0, 0.05) is 12.1 Å². The lowest BCUT2D eigenvalue weighted by Gasteiger charge is -2.38. The van der Waals surface area contributed by atoms with E-state index in [1.807, 2.05) is 0 Å². The van der Waals surface area contributed by atoms with Crippen LogP contribution in [0.5, 0.6) is 0 Å². The molecule has 1 amide bonds. The summed E-state index contributed by atoms with van der Waals surface area (Å²) in [5, 5.41) is 3.31. The SMILES string of the molecule is O=C(NC1CCCCC1)[C@H]1CCCN1C1CCC1. The Labute approximate surface area is 110 Å². The maximum absolute atomic E-state index is 12.4. The first-order chi connectivity index (χ1) is 8.84. The topological polar surface area (TPSA) is 32.3 Å². The van der Waals surface area contributed by atoms with Gasteiger partial charge in [0.25, 0.3) is 0 Å². The van der Waals surface area contributed by atoms with Gasteiger partial charge in [-0.2, -0.15) is 0 Å². The van der Waals surface area contributed by atoms with Crippen LogP contribution in [0.25, 0.3) is 0 Å². The minimum Gasteiger partial charge on any atom is -0.352 e. The smallest absolute Gasteiger partial charge is 0.237 e. The number of hydrogen-bond donors (Lipinski definition) is 1. The molecule has 18 heavy (non-hydrogen) atoms. The van der Waals surface area contributed by atoms with E-state index in [9.17, 15) is 4.79 Å². The van der Waals surface area contributed by atoms with Crippen molar-refractivity contribution in [3.8, 4) is 0 Å². The molecule has 3 aliphatic rings. The summed E-state index contributed by atoms with van der Waals surface area (Å²) in [7, 11) is 0. The van der Waals surface area contributed by atoms with Gasteiger partial charge in [0.15, 0.2) is 0 Å². The lowest BCUT2D eigenvalue weighted by Crippen LogP contribution is -2.52. The standard InChI is InChI=1S/C15H26N2O/c18-15(16-12-6-2-1-3-7-12)14-10-5-11-17(14)13-8-4-9-13/h12-14H,1-11H2,(H,16,18)/t14-/m1/s1. The first-order valence-corrected chi connectivity index (χ1v) is 7.91. The van der Waals surface area contributed by atoms with Crippen LogP contribution in [0.3, 0.4) is 0 Å². The zero-order valence-electron chi connectivity index (χ0n) is 11.4. The first-order valence-electron chi connectivity index (χ1n) is 7.91. The van der Waals surface area contributed by atoms with E-state index in [1.54, 1.807) is 0 Å². The Morgan fingerprint density at radius 3 is 2.33 bits per heavy atom. The largest absolute Gasteiger partial charge is 0.352 e. The molecule has 2 aliphatic carbocycles. The van der Waals surface area contributed by atoms with Crippen LogP contribution < -0.4 is 5.32 Å². The normalized spacial score (nSPS) is 31.2. The molecular formula is C15H26N2O. The quantitative estimate of drug-likeness (QED) is 0.834. The van der Waals surface area contributed by atoms with E-state index in [1.165, 1.54) is 57.8 Å². The molecule has 2 saturated carbocycles. The van der Waals surface area contributed by atoms with Gasteiger partial charge in [0.2, 0.25) is 5.91 Å². The summed E-state index contributed by atoms with van der Waals surface area (Å²) < 4.78 is 0. The summed E-state index contributed by atoms with van der Waals surface area (Å²) in [4.78, 5) is 14.9. The molecule has 0 bridgehead atoms. The number of hydrogen-bond acceptors (Lipinski definition) is 2. The Kier molecular flexibility index (Phi) is 3.88. The van der Waals surface area contributed by atoms with Crippen molar-refractivity contribution >= 4 is 5.91 Å². The minimum absolute atomic E-state index is 0.192. The fraction of sp³-hybridized carbons (Fsp3) is 0.933. The molecule has 0 unspecified atom stereocenters. The fourth-order valence-electron chi connectivity index (χ4n) is 3.77. The lowest BCUT2D eigenvalue weighted by molar-refractivity contribution is -0.127. The molecule has 0 aromatic rings. The number of nitrogens with zero attached hydrogens (tertiary/aromatic N) is 1. The highest BCUT2D eigenvalue weighted by atomic mass is 16.2. The summed E-state index contributed by atoms with van der Waals surface area (Å²) in [6.07, 6.45) is 12.6. The molecule has 1 atom stereocenters. The van der Waals surface area contributed by atoms with Crippen LogP contribution in [-0.2, 0) is 4.79 Å². The van der Waals surface area contributed by atoms with Crippen LogP contribution in [0.15, 0.2) is 0 Å². The number of rotatable bonds is 3. The molecule has 1 heterocycles. The maximum Gasteiger partial charge on any atom is 0.237 e. The average molecular weight is 250 g/mol. The van der Waals surface area contributed by atoms with Crippen molar-refractivity contribution in [3.63, 3.8) is 0 Å². The van der Waals surface area contributed by atoms with Gasteiger partial charge in [0.1, 0.15) is 0 Å². The molecule has 1 N–H and O–H groups in total. The third-order valence-electron chi connectivity index (χ3n) is 5.09. The van der Waals surface area contributed by atoms with Crippen molar-refractivity contribution in [2.75, 3.05) is 6.54 Å². The molecule has 0 aromatic carbocycles. The van der Waals surface area contributed by atoms with Crippen molar-refractivity contribution in [1.82, 2.24) is 10.2 Å². The Morgan fingerprint density at radius 1 is 0.889 bits per heavy atom. The molecule has 0 radical (unpaired) electrons. The summed E-state index contributed by atoms with van der Waals surface area (Å²) in [6.45, 7) is 1.15. The van der Waals surface area contributed by atoms with E-state index >= 15 is 0 Å². The molecule has 0 spiro atoms.